The van der Waals surface area contributed by atoms with E-state index in [-0.39, 0.29) is 11.9 Å². The number of rotatable bonds is 8. The molecule has 3 rings (SSSR count). The van der Waals surface area contributed by atoms with Crippen LogP contribution in [0.5, 0.6) is 0 Å². The molecule has 1 aliphatic heterocycles. The standard InChI is InChI=1S/C20H31N3O3Si/c1-5-18(24)19-14-22(8-9-26-19)17-12-16-6-7-23(20(16)21-13-17)15-25-10-11-27(2,3)4/h6-7,12-13,19H,5,8-11,14-15H2,1-4H3. The van der Waals surface area contributed by atoms with E-state index in [1.807, 2.05) is 23.9 Å². The summed E-state index contributed by atoms with van der Waals surface area (Å²) >= 11 is 0. The zero-order valence-corrected chi connectivity index (χ0v) is 17.9. The second-order valence-electron chi connectivity index (χ2n) is 8.37. The van der Waals surface area contributed by atoms with Crippen molar-refractivity contribution in [2.75, 3.05) is 31.2 Å². The van der Waals surface area contributed by atoms with E-state index in [4.69, 9.17) is 9.47 Å². The van der Waals surface area contributed by atoms with Gasteiger partial charge in [0.15, 0.2) is 5.78 Å². The lowest BCUT2D eigenvalue weighted by atomic mass is 10.1. The number of fused-ring (bicyclic) bond motifs is 1. The predicted molar refractivity (Wildman–Crippen MR) is 111 cm³/mol. The topological polar surface area (TPSA) is 56.6 Å². The van der Waals surface area contributed by atoms with Gasteiger partial charge in [0.05, 0.1) is 25.0 Å². The number of carbonyl (C=O) groups excluding carboxylic acids is 1. The molecule has 0 spiro atoms. The molecule has 0 radical (unpaired) electrons. The fourth-order valence-electron chi connectivity index (χ4n) is 3.19. The van der Waals surface area contributed by atoms with Gasteiger partial charge in [-0.3, -0.25) is 4.79 Å². The molecule has 6 nitrogen and oxygen atoms in total. The predicted octanol–water partition coefficient (Wildman–Crippen LogP) is 3.53. The average Bonchev–Trinajstić information content (AvgIpc) is 3.06. The van der Waals surface area contributed by atoms with Crippen LogP contribution in [0.1, 0.15) is 13.3 Å². The van der Waals surface area contributed by atoms with Gasteiger partial charge >= 0.3 is 0 Å². The van der Waals surface area contributed by atoms with Crippen molar-refractivity contribution in [1.82, 2.24) is 9.55 Å². The second-order valence-corrected chi connectivity index (χ2v) is 14.0. The number of ether oxygens (including phenoxy) is 2. The lowest BCUT2D eigenvalue weighted by Crippen LogP contribution is -2.46. The van der Waals surface area contributed by atoms with Crippen molar-refractivity contribution in [3.05, 3.63) is 24.5 Å². The van der Waals surface area contributed by atoms with Crippen molar-refractivity contribution in [1.29, 1.82) is 0 Å². The molecular weight excluding hydrogens is 358 g/mol. The number of aromatic nitrogens is 2. The number of morpholine rings is 1. The maximum atomic E-state index is 12.0. The number of ketones is 1. The third kappa shape index (κ3) is 5.18. The van der Waals surface area contributed by atoms with Gasteiger partial charge in [-0.2, -0.15) is 0 Å². The Balaban J connectivity index is 1.65. The van der Waals surface area contributed by atoms with E-state index in [9.17, 15) is 4.79 Å². The summed E-state index contributed by atoms with van der Waals surface area (Å²) in [7, 11) is -1.07. The van der Waals surface area contributed by atoms with Crippen LogP contribution in [-0.4, -0.2) is 55.8 Å². The number of hydrogen-bond donors (Lipinski definition) is 0. The normalized spacial score (nSPS) is 18.2. The van der Waals surface area contributed by atoms with E-state index in [0.717, 1.165) is 29.9 Å². The zero-order chi connectivity index (χ0) is 19.4. The van der Waals surface area contributed by atoms with E-state index in [2.05, 4.69) is 41.7 Å². The van der Waals surface area contributed by atoms with Crippen molar-refractivity contribution >= 4 is 30.6 Å². The van der Waals surface area contributed by atoms with Gasteiger partial charge in [-0.05, 0) is 18.2 Å². The molecule has 1 fully saturated rings. The summed E-state index contributed by atoms with van der Waals surface area (Å²) in [6.07, 6.45) is 4.10. The Morgan fingerprint density at radius 3 is 2.96 bits per heavy atom. The summed E-state index contributed by atoms with van der Waals surface area (Å²) in [6.45, 7) is 12.2. The lowest BCUT2D eigenvalue weighted by molar-refractivity contribution is -0.130. The van der Waals surface area contributed by atoms with Crippen LogP contribution in [0.2, 0.25) is 25.7 Å². The van der Waals surface area contributed by atoms with Crippen molar-refractivity contribution < 1.29 is 14.3 Å². The van der Waals surface area contributed by atoms with Crippen LogP contribution >= 0.6 is 0 Å². The summed E-state index contributed by atoms with van der Waals surface area (Å²) in [6, 6.07) is 5.38. The van der Waals surface area contributed by atoms with E-state index in [1.165, 1.54) is 6.04 Å². The van der Waals surface area contributed by atoms with E-state index >= 15 is 0 Å². The first-order valence-corrected chi connectivity index (χ1v) is 13.5. The number of anilines is 1. The molecule has 148 valence electrons. The summed E-state index contributed by atoms with van der Waals surface area (Å²) in [5.41, 5.74) is 1.97. The third-order valence-electron chi connectivity index (χ3n) is 4.95. The Bertz CT molecular complexity index is 784. The number of hydrogen-bond acceptors (Lipinski definition) is 5. The molecular formula is C20H31N3O3Si. The maximum absolute atomic E-state index is 12.0. The van der Waals surface area contributed by atoms with Crippen LogP contribution in [0.15, 0.2) is 24.5 Å². The Morgan fingerprint density at radius 2 is 2.22 bits per heavy atom. The van der Waals surface area contributed by atoms with Gasteiger partial charge in [-0.25, -0.2) is 4.98 Å². The van der Waals surface area contributed by atoms with Gasteiger partial charge in [0.2, 0.25) is 0 Å². The molecule has 27 heavy (non-hydrogen) atoms. The number of Topliss-reactive ketones (excluding diaryl/α,β-unsaturated/α-hetero) is 1. The van der Waals surface area contributed by atoms with Crippen molar-refractivity contribution in [3.63, 3.8) is 0 Å². The van der Waals surface area contributed by atoms with Gasteiger partial charge in [0.1, 0.15) is 18.5 Å². The quantitative estimate of drug-likeness (QED) is 0.511. The highest BCUT2D eigenvalue weighted by molar-refractivity contribution is 6.76. The fraction of sp³-hybridized carbons (Fsp3) is 0.600. The van der Waals surface area contributed by atoms with Crippen LogP contribution in [0.3, 0.4) is 0 Å². The molecule has 0 aromatic carbocycles. The molecule has 0 aliphatic carbocycles. The third-order valence-corrected chi connectivity index (χ3v) is 6.66. The molecule has 2 aromatic rings. The Labute approximate surface area is 162 Å². The average molecular weight is 390 g/mol. The molecule has 2 aromatic heterocycles. The van der Waals surface area contributed by atoms with Crippen LogP contribution in [-0.2, 0) is 21.0 Å². The highest BCUT2D eigenvalue weighted by atomic mass is 28.3. The van der Waals surface area contributed by atoms with Gasteiger partial charge in [-0.15, -0.1) is 0 Å². The smallest absolute Gasteiger partial charge is 0.163 e. The molecule has 0 N–H and O–H groups in total. The Kier molecular flexibility index (Phi) is 6.34. The minimum atomic E-state index is -1.07. The largest absolute Gasteiger partial charge is 0.367 e. The number of nitrogens with zero attached hydrogens (tertiary/aromatic N) is 3. The molecule has 1 atom stereocenters. The first kappa shape index (κ1) is 20.0. The van der Waals surface area contributed by atoms with Crippen molar-refractivity contribution in [2.45, 2.75) is 51.9 Å². The molecule has 0 amide bonds. The molecule has 1 aliphatic rings. The molecule has 1 saturated heterocycles. The van der Waals surface area contributed by atoms with Crippen LogP contribution in [0.4, 0.5) is 5.69 Å². The van der Waals surface area contributed by atoms with E-state index < -0.39 is 8.07 Å². The highest BCUT2D eigenvalue weighted by Gasteiger charge is 2.26. The van der Waals surface area contributed by atoms with E-state index in [0.29, 0.717) is 26.3 Å². The van der Waals surface area contributed by atoms with Crippen LogP contribution < -0.4 is 4.90 Å². The molecule has 0 bridgehead atoms. The van der Waals surface area contributed by atoms with Gasteiger partial charge < -0.3 is 18.9 Å². The summed E-state index contributed by atoms with van der Waals surface area (Å²) in [5, 5.41) is 1.09. The Hall–Kier alpha value is -1.70. The Morgan fingerprint density at radius 1 is 1.41 bits per heavy atom. The number of pyridine rings is 1. The SMILES string of the molecule is CCC(=O)C1CN(c2cnc3c(ccn3COCC[Si](C)(C)C)c2)CCO1. The van der Waals surface area contributed by atoms with Crippen LogP contribution in [0, 0.1) is 0 Å². The first-order valence-electron chi connectivity index (χ1n) is 9.79. The van der Waals surface area contributed by atoms with Gasteiger partial charge in [0, 0.05) is 39.2 Å². The monoisotopic (exact) mass is 389 g/mol. The minimum Gasteiger partial charge on any atom is -0.367 e. The molecule has 1 unspecified atom stereocenters. The molecule has 7 heteroatoms. The summed E-state index contributed by atoms with van der Waals surface area (Å²) in [4.78, 5) is 18.8. The highest BCUT2D eigenvalue weighted by Crippen LogP contribution is 2.23. The number of carbonyl (C=O) groups is 1. The van der Waals surface area contributed by atoms with Crippen molar-refractivity contribution in [2.24, 2.45) is 0 Å². The molecule has 0 saturated carbocycles. The minimum absolute atomic E-state index is 0.162. The zero-order valence-electron chi connectivity index (χ0n) is 16.9. The second kappa shape index (κ2) is 8.54. The van der Waals surface area contributed by atoms with Crippen molar-refractivity contribution in [3.8, 4) is 0 Å². The molecule has 3 heterocycles. The summed E-state index contributed by atoms with van der Waals surface area (Å²) in [5.74, 6) is 0.162. The first-order chi connectivity index (χ1) is 12.9. The maximum Gasteiger partial charge on any atom is 0.163 e. The van der Waals surface area contributed by atoms with Gasteiger partial charge in [-0.1, -0.05) is 26.6 Å². The van der Waals surface area contributed by atoms with E-state index in [1.54, 1.807) is 0 Å². The summed E-state index contributed by atoms with van der Waals surface area (Å²) < 4.78 is 13.5. The fourth-order valence-corrected chi connectivity index (χ4v) is 3.95. The van der Waals surface area contributed by atoms with Gasteiger partial charge in [0.25, 0.3) is 0 Å². The van der Waals surface area contributed by atoms with Crippen LogP contribution in [0.25, 0.3) is 11.0 Å². The lowest BCUT2D eigenvalue weighted by Gasteiger charge is -2.33.